The summed E-state index contributed by atoms with van der Waals surface area (Å²) in [5.74, 6) is -2.28. The Bertz CT molecular complexity index is 1210. The molecule has 0 fully saturated rings. The highest BCUT2D eigenvalue weighted by Crippen LogP contribution is 2.18. The van der Waals surface area contributed by atoms with Crippen molar-refractivity contribution >= 4 is 17.9 Å². The highest BCUT2D eigenvalue weighted by Gasteiger charge is 2.22. The Labute approximate surface area is 439 Å². The van der Waals surface area contributed by atoms with Crippen LogP contribution in [0.25, 0.3) is 0 Å². The predicted octanol–water partition coefficient (Wildman–Crippen LogP) is 16.6. The predicted molar refractivity (Wildman–Crippen MR) is 297 cm³/mol. The van der Waals surface area contributed by atoms with Gasteiger partial charge in [0.15, 0.2) is 12.4 Å². The van der Waals surface area contributed by atoms with Gasteiger partial charge in [-0.15, -0.1) is 0 Å². The number of quaternary nitrogens is 1. The molecule has 0 rings (SSSR count). The molecule has 9 nitrogen and oxygen atoms in total. The van der Waals surface area contributed by atoms with Gasteiger partial charge in [-0.2, -0.15) is 0 Å². The van der Waals surface area contributed by atoms with E-state index in [-0.39, 0.29) is 32.2 Å². The number of esters is 2. The van der Waals surface area contributed by atoms with Crippen molar-refractivity contribution in [3.63, 3.8) is 0 Å². The maximum Gasteiger partial charge on any atom is 0.306 e. The molecule has 0 aromatic carbocycles. The van der Waals surface area contributed by atoms with Gasteiger partial charge < -0.3 is 33.3 Å². The zero-order valence-corrected chi connectivity index (χ0v) is 47.6. The molecule has 0 spiro atoms. The first kappa shape index (κ1) is 68.8. The van der Waals surface area contributed by atoms with E-state index in [4.69, 9.17) is 18.9 Å². The first-order chi connectivity index (χ1) is 34.6. The Balaban J connectivity index is 4.05. The molecule has 0 heterocycles. The number of ether oxygens (including phenoxy) is 4. The SMILES string of the molecule is CCCCC/C=C\C/C=C\CCCCCCCC(=O)OC(COC(=O)CCCCCCCCCCCCCCCCCCCCCCCCCCCCCCCCC)COC(OCC[N+](C)(C)C)C(=O)[O-]. The zero-order valence-electron chi connectivity index (χ0n) is 47.6. The average molecular weight is 1000 g/mol. The standard InChI is InChI=1S/C62H117NO8/c1-6-8-10-12-14-16-18-20-22-23-24-25-26-27-28-29-30-31-32-33-34-35-36-37-39-40-42-44-46-48-50-52-59(64)69-56-58(57-70-62(61(66)67)68-55-54-63(3,4)5)71-60(65)53-51-49-47-45-43-41-38-21-19-17-15-13-11-9-7-2/h15,17,21,38,58,62H,6-14,16,18-20,22-37,39-57H2,1-5H3/b17-15-,38-21-. The number of hydrogen-bond donors (Lipinski definition) is 0. The van der Waals surface area contributed by atoms with E-state index in [9.17, 15) is 19.5 Å². The van der Waals surface area contributed by atoms with Crippen LogP contribution in [-0.2, 0) is 33.3 Å². The van der Waals surface area contributed by atoms with Crippen molar-refractivity contribution in [2.75, 3.05) is 47.5 Å². The topological polar surface area (TPSA) is 111 Å². The molecule has 0 radical (unpaired) electrons. The maximum atomic E-state index is 12.8. The molecule has 0 amide bonds. The second-order valence-electron chi connectivity index (χ2n) is 22.0. The lowest BCUT2D eigenvalue weighted by molar-refractivity contribution is -0.870. The molecule has 418 valence electrons. The van der Waals surface area contributed by atoms with E-state index in [0.717, 1.165) is 57.8 Å². The largest absolute Gasteiger partial charge is 0.545 e. The van der Waals surface area contributed by atoms with Crippen LogP contribution in [0, 0.1) is 0 Å². The van der Waals surface area contributed by atoms with Gasteiger partial charge in [0.25, 0.3) is 0 Å². The fourth-order valence-electron chi connectivity index (χ4n) is 8.98. The summed E-state index contributed by atoms with van der Waals surface area (Å²) >= 11 is 0. The van der Waals surface area contributed by atoms with Crippen LogP contribution < -0.4 is 5.11 Å². The summed E-state index contributed by atoms with van der Waals surface area (Å²) in [6.07, 6.45) is 61.1. The van der Waals surface area contributed by atoms with Crippen LogP contribution in [0.15, 0.2) is 24.3 Å². The summed E-state index contributed by atoms with van der Waals surface area (Å²) < 4.78 is 22.7. The molecule has 0 saturated carbocycles. The van der Waals surface area contributed by atoms with Crippen molar-refractivity contribution in [2.24, 2.45) is 0 Å². The van der Waals surface area contributed by atoms with Gasteiger partial charge in [-0.05, 0) is 44.9 Å². The number of hydrogen-bond acceptors (Lipinski definition) is 8. The van der Waals surface area contributed by atoms with Crippen LogP contribution in [0.4, 0.5) is 0 Å². The van der Waals surface area contributed by atoms with E-state index in [1.54, 1.807) is 0 Å². The molecule has 0 aliphatic heterocycles. The Morgan fingerprint density at radius 2 is 0.761 bits per heavy atom. The quantitative estimate of drug-likeness (QED) is 0.0195. The minimum absolute atomic E-state index is 0.147. The number of carbonyl (C=O) groups is 3. The lowest BCUT2D eigenvalue weighted by Crippen LogP contribution is -2.44. The van der Waals surface area contributed by atoms with Crippen molar-refractivity contribution in [3.8, 4) is 0 Å². The van der Waals surface area contributed by atoms with Crippen LogP contribution in [0.2, 0.25) is 0 Å². The summed E-state index contributed by atoms with van der Waals surface area (Å²) in [6.45, 7) is 4.75. The van der Waals surface area contributed by atoms with E-state index in [2.05, 4.69) is 38.2 Å². The van der Waals surface area contributed by atoms with Crippen molar-refractivity contribution in [1.82, 2.24) is 0 Å². The molecule has 0 aliphatic carbocycles. The fraction of sp³-hybridized carbons (Fsp3) is 0.887. The Hall–Kier alpha value is -2.23. The minimum atomic E-state index is -1.62. The van der Waals surface area contributed by atoms with Gasteiger partial charge in [0.2, 0.25) is 0 Å². The van der Waals surface area contributed by atoms with Crippen LogP contribution in [0.5, 0.6) is 0 Å². The first-order valence-corrected chi connectivity index (χ1v) is 30.5. The highest BCUT2D eigenvalue weighted by atomic mass is 16.7. The molecule has 2 atom stereocenters. The van der Waals surface area contributed by atoms with Gasteiger partial charge in [-0.3, -0.25) is 9.59 Å². The first-order valence-electron chi connectivity index (χ1n) is 30.5. The minimum Gasteiger partial charge on any atom is -0.545 e. The van der Waals surface area contributed by atoms with Gasteiger partial charge in [0.05, 0.1) is 40.3 Å². The average Bonchev–Trinajstić information content (AvgIpc) is 3.34. The van der Waals surface area contributed by atoms with E-state index in [1.807, 2.05) is 21.1 Å². The molecule has 0 aromatic heterocycles. The van der Waals surface area contributed by atoms with Gasteiger partial charge in [0, 0.05) is 12.8 Å². The second-order valence-corrected chi connectivity index (χ2v) is 22.0. The van der Waals surface area contributed by atoms with Crippen molar-refractivity contribution in [2.45, 2.75) is 309 Å². The number of allylic oxidation sites excluding steroid dienone is 4. The van der Waals surface area contributed by atoms with Gasteiger partial charge in [-0.25, -0.2) is 0 Å². The van der Waals surface area contributed by atoms with Crippen molar-refractivity contribution in [1.29, 1.82) is 0 Å². The van der Waals surface area contributed by atoms with Gasteiger partial charge >= 0.3 is 11.9 Å². The molecule has 0 saturated heterocycles. The Morgan fingerprint density at radius 1 is 0.423 bits per heavy atom. The summed E-state index contributed by atoms with van der Waals surface area (Å²) in [5, 5.41) is 11.8. The number of aliphatic carboxylic acids is 1. The number of carbonyl (C=O) groups excluding carboxylic acids is 3. The number of rotatable bonds is 57. The van der Waals surface area contributed by atoms with E-state index < -0.39 is 24.3 Å². The van der Waals surface area contributed by atoms with Crippen LogP contribution >= 0.6 is 0 Å². The van der Waals surface area contributed by atoms with Crippen molar-refractivity contribution < 1.29 is 42.9 Å². The molecular formula is C62H117NO8. The summed E-state index contributed by atoms with van der Waals surface area (Å²) in [5.41, 5.74) is 0. The number of carboxylic acids is 1. The summed E-state index contributed by atoms with van der Waals surface area (Å²) in [6, 6.07) is 0. The number of unbranched alkanes of at least 4 members (excludes halogenated alkanes) is 38. The number of nitrogens with zero attached hydrogens (tertiary/aromatic N) is 1. The smallest absolute Gasteiger partial charge is 0.306 e. The Kier molecular flexibility index (Phi) is 52.3. The Morgan fingerprint density at radius 3 is 1.14 bits per heavy atom. The molecule has 0 N–H and O–H groups in total. The zero-order chi connectivity index (χ0) is 52.0. The van der Waals surface area contributed by atoms with E-state index in [1.165, 1.54) is 205 Å². The molecule has 9 heteroatoms. The summed E-state index contributed by atoms with van der Waals surface area (Å²) in [7, 11) is 5.92. The third-order valence-electron chi connectivity index (χ3n) is 13.7. The monoisotopic (exact) mass is 1000 g/mol. The van der Waals surface area contributed by atoms with E-state index in [0.29, 0.717) is 23.9 Å². The molecule has 0 aliphatic rings. The molecular weight excluding hydrogens is 887 g/mol. The fourth-order valence-corrected chi connectivity index (χ4v) is 8.98. The number of likely N-dealkylation sites (N-methyl/N-ethyl adjacent to an activating group) is 1. The lowest BCUT2D eigenvalue weighted by Gasteiger charge is -2.26. The molecule has 0 aromatic rings. The normalized spacial score (nSPS) is 12.9. The maximum absolute atomic E-state index is 12.8. The third-order valence-corrected chi connectivity index (χ3v) is 13.7. The lowest BCUT2D eigenvalue weighted by atomic mass is 10.0. The van der Waals surface area contributed by atoms with Gasteiger partial charge in [0.1, 0.15) is 13.2 Å². The summed E-state index contributed by atoms with van der Waals surface area (Å²) in [4.78, 5) is 37.2. The van der Waals surface area contributed by atoms with Crippen LogP contribution in [-0.4, -0.2) is 82.3 Å². The van der Waals surface area contributed by atoms with Gasteiger partial charge in [-0.1, -0.05) is 263 Å². The third kappa shape index (κ3) is 55.4. The van der Waals surface area contributed by atoms with Crippen LogP contribution in [0.1, 0.15) is 296 Å². The number of carboxylic acid groups (broad SMARTS) is 1. The highest BCUT2D eigenvalue weighted by molar-refractivity contribution is 5.70. The molecule has 71 heavy (non-hydrogen) atoms. The van der Waals surface area contributed by atoms with Crippen LogP contribution in [0.3, 0.4) is 0 Å². The molecule has 0 bridgehead atoms. The van der Waals surface area contributed by atoms with Crippen molar-refractivity contribution in [3.05, 3.63) is 24.3 Å². The second kappa shape index (κ2) is 54.0. The van der Waals surface area contributed by atoms with E-state index >= 15 is 0 Å². The molecule has 2 unspecified atom stereocenters.